The van der Waals surface area contributed by atoms with Crippen molar-refractivity contribution in [1.82, 2.24) is 5.32 Å². The number of anilines is 2. The van der Waals surface area contributed by atoms with Gasteiger partial charge >= 0.3 is 0 Å². The minimum Gasteiger partial charge on any atom is -0.482 e. The van der Waals surface area contributed by atoms with E-state index in [0.29, 0.717) is 22.7 Å². The zero-order valence-electron chi connectivity index (χ0n) is 18.6. The summed E-state index contributed by atoms with van der Waals surface area (Å²) in [6, 6.07) is 20.9. The Morgan fingerprint density at radius 2 is 1.80 bits per heavy atom. The van der Waals surface area contributed by atoms with Crippen LogP contribution in [0.5, 0.6) is 5.75 Å². The monoisotopic (exact) mass is 505 g/mol. The van der Waals surface area contributed by atoms with Gasteiger partial charge in [-0.25, -0.2) is 0 Å². The number of carbonyl (C=O) groups is 3. The number of ether oxygens (including phenoxy) is 1. The minimum absolute atomic E-state index is 0.00837. The van der Waals surface area contributed by atoms with Crippen LogP contribution in [0.1, 0.15) is 11.1 Å². The first-order valence-electron chi connectivity index (χ1n) is 10.6. The first-order chi connectivity index (χ1) is 16.8. The Labute approximate surface area is 212 Å². The maximum absolute atomic E-state index is 13.1. The lowest BCUT2D eigenvalue weighted by molar-refractivity contribution is -0.122. The van der Waals surface area contributed by atoms with Gasteiger partial charge in [-0.2, -0.15) is 0 Å². The Hall–Kier alpha value is -4.01. The molecule has 1 fully saturated rings. The summed E-state index contributed by atoms with van der Waals surface area (Å²) < 4.78 is 5.53. The summed E-state index contributed by atoms with van der Waals surface area (Å²) >= 11 is 11.5. The second kappa shape index (κ2) is 10.5. The third-order valence-corrected chi connectivity index (χ3v) is 5.66. The number of carbonyl (C=O) groups excluding carboxylic acids is 3. The van der Waals surface area contributed by atoms with Gasteiger partial charge in [0.05, 0.1) is 10.7 Å². The van der Waals surface area contributed by atoms with E-state index in [1.165, 1.54) is 11.0 Å². The third-order valence-electron chi connectivity index (χ3n) is 5.08. The molecule has 1 aliphatic heterocycles. The number of amides is 3. The van der Waals surface area contributed by atoms with E-state index < -0.39 is 11.8 Å². The summed E-state index contributed by atoms with van der Waals surface area (Å²) in [6.07, 6.45) is 1.43. The summed E-state index contributed by atoms with van der Waals surface area (Å²) in [4.78, 5) is 39.0. The Morgan fingerprint density at radius 3 is 2.49 bits per heavy atom. The first-order valence-corrected chi connectivity index (χ1v) is 11.4. The molecule has 1 heterocycles. The summed E-state index contributed by atoms with van der Waals surface area (Å²) in [7, 11) is 0. The summed E-state index contributed by atoms with van der Waals surface area (Å²) in [5.41, 5.74) is 2.70. The van der Waals surface area contributed by atoms with Crippen LogP contribution in [0, 0.1) is 6.92 Å². The molecule has 0 radical (unpaired) electrons. The highest BCUT2D eigenvalue weighted by Crippen LogP contribution is 2.28. The molecule has 0 aliphatic carbocycles. The molecule has 1 aliphatic rings. The average Bonchev–Trinajstić information content (AvgIpc) is 2.83. The second-order valence-corrected chi connectivity index (χ2v) is 8.48. The Kier molecular flexibility index (Phi) is 7.24. The third kappa shape index (κ3) is 5.74. The Morgan fingerprint density at radius 1 is 1.09 bits per heavy atom. The number of hydrogen-bond donors (Lipinski definition) is 2. The van der Waals surface area contributed by atoms with Crippen molar-refractivity contribution in [2.45, 2.75) is 6.92 Å². The van der Waals surface area contributed by atoms with Gasteiger partial charge in [-0.1, -0.05) is 53.6 Å². The molecule has 9 heteroatoms. The van der Waals surface area contributed by atoms with Gasteiger partial charge in [0, 0.05) is 5.69 Å². The predicted molar refractivity (Wildman–Crippen MR) is 139 cm³/mol. The minimum atomic E-state index is -0.601. The zero-order chi connectivity index (χ0) is 24.9. The van der Waals surface area contributed by atoms with E-state index in [1.54, 1.807) is 54.6 Å². The molecule has 3 aromatic carbocycles. The molecule has 4 rings (SSSR count). The summed E-state index contributed by atoms with van der Waals surface area (Å²) in [5, 5.41) is 5.51. The van der Waals surface area contributed by atoms with E-state index >= 15 is 0 Å². The number of thiocarbonyl (C=S) groups is 1. The SMILES string of the molecule is Cc1ccc(NC(=O)COc2ccc(/C=C3/C(=O)NC(=S)N(c4ccccc4)C3=O)cc2Cl)cc1. The standard InChI is InChI=1S/C26H20ClN3O4S/c1-16-7-10-18(11-8-16)28-23(31)15-34-22-12-9-17(14-21(22)27)13-20-24(32)29-26(35)30(25(20)33)19-5-3-2-4-6-19/h2-14H,15H2,1H3,(H,28,31)(H,29,32,35)/b20-13-. The fourth-order valence-electron chi connectivity index (χ4n) is 3.34. The summed E-state index contributed by atoms with van der Waals surface area (Å²) in [5.74, 6) is -1.19. The molecule has 3 amide bonds. The number of benzene rings is 3. The molecule has 176 valence electrons. The molecule has 0 spiro atoms. The van der Waals surface area contributed by atoms with Gasteiger partial charge in [-0.05, 0) is 67.2 Å². The normalized spacial score (nSPS) is 14.6. The van der Waals surface area contributed by atoms with Crippen LogP contribution in [0.2, 0.25) is 5.02 Å². The van der Waals surface area contributed by atoms with Crippen molar-refractivity contribution < 1.29 is 19.1 Å². The van der Waals surface area contributed by atoms with Crippen LogP contribution in [-0.4, -0.2) is 29.4 Å². The number of rotatable bonds is 6. The molecule has 0 unspecified atom stereocenters. The highest BCUT2D eigenvalue weighted by atomic mass is 35.5. The molecule has 0 saturated carbocycles. The second-order valence-electron chi connectivity index (χ2n) is 7.69. The van der Waals surface area contributed by atoms with Crippen LogP contribution in [0.4, 0.5) is 11.4 Å². The molecule has 1 saturated heterocycles. The quantitative estimate of drug-likeness (QED) is 0.292. The first kappa shape index (κ1) is 24.1. The van der Waals surface area contributed by atoms with Crippen LogP contribution < -0.4 is 20.3 Å². The number of halogens is 1. The van der Waals surface area contributed by atoms with Crippen molar-refractivity contribution >= 4 is 64.1 Å². The van der Waals surface area contributed by atoms with Gasteiger partial charge in [0.1, 0.15) is 11.3 Å². The van der Waals surface area contributed by atoms with Crippen LogP contribution in [0.25, 0.3) is 6.08 Å². The number of aryl methyl sites for hydroxylation is 1. The molecular weight excluding hydrogens is 486 g/mol. The van der Waals surface area contributed by atoms with Gasteiger partial charge in [0.15, 0.2) is 11.7 Å². The van der Waals surface area contributed by atoms with E-state index in [9.17, 15) is 14.4 Å². The largest absolute Gasteiger partial charge is 0.482 e. The van der Waals surface area contributed by atoms with E-state index in [4.69, 9.17) is 28.6 Å². The van der Waals surface area contributed by atoms with Crippen molar-refractivity contribution in [2.24, 2.45) is 0 Å². The van der Waals surface area contributed by atoms with E-state index in [1.807, 2.05) is 25.1 Å². The maximum Gasteiger partial charge on any atom is 0.270 e. The molecule has 0 bridgehead atoms. The molecular formula is C26H20ClN3O4S. The Balaban J connectivity index is 1.46. The van der Waals surface area contributed by atoms with Crippen LogP contribution in [0.15, 0.2) is 78.4 Å². The fraction of sp³-hybridized carbons (Fsp3) is 0.0769. The molecule has 0 aromatic heterocycles. The number of nitrogens with one attached hydrogen (secondary N) is 2. The molecule has 0 atom stereocenters. The lowest BCUT2D eigenvalue weighted by Gasteiger charge is -2.28. The molecule has 2 N–H and O–H groups in total. The van der Waals surface area contributed by atoms with Gasteiger partial charge in [-0.3, -0.25) is 24.6 Å². The zero-order valence-corrected chi connectivity index (χ0v) is 20.2. The fourth-order valence-corrected chi connectivity index (χ4v) is 3.86. The van der Waals surface area contributed by atoms with Crippen molar-refractivity contribution in [1.29, 1.82) is 0 Å². The highest BCUT2D eigenvalue weighted by molar-refractivity contribution is 7.80. The smallest absolute Gasteiger partial charge is 0.270 e. The molecule has 3 aromatic rings. The predicted octanol–water partition coefficient (Wildman–Crippen LogP) is 4.50. The van der Waals surface area contributed by atoms with E-state index in [2.05, 4.69) is 10.6 Å². The highest BCUT2D eigenvalue weighted by Gasteiger charge is 2.34. The van der Waals surface area contributed by atoms with Crippen molar-refractivity contribution in [3.63, 3.8) is 0 Å². The van der Waals surface area contributed by atoms with Crippen molar-refractivity contribution in [3.05, 3.63) is 94.5 Å². The van der Waals surface area contributed by atoms with Crippen molar-refractivity contribution in [3.8, 4) is 5.75 Å². The van der Waals surface area contributed by atoms with Crippen LogP contribution >= 0.6 is 23.8 Å². The number of nitrogens with zero attached hydrogens (tertiary/aromatic N) is 1. The topological polar surface area (TPSA) is 87.7 Å². The average molecular weight is 506 g/mol. The maximum atomic E-state index is 13.1. The molecule has 35 heavy (non-hydrogen) atoms. The van der Waals surface area contributed by atoms with E-state index in [0.717, 1.165) is 5.56 Å². The van der Waals surface area contributed by atoms with Gasteiger partial charge in [-0.15, -0.1) is 0 Å². The van der Waals surface area contributed by atoms with Gasteiger partial charge < -0.3 is 10.1 Å². The van der Waals surface area contributed by atoms with Gasteiger partial charge in [0.25, 0.3) is 17.7 Å². The van der Waals surface area contributed by atoms with Crippen molar-refractivity contribution in [2.75, 3.05) is 16.8 Å². The van der Waals surface area contributed by atoms with Gasteiger partial charge in [0.2, 0.25) is 0 Å². The lowest BCUT2D eigenvalue weighted by atomic mass is 10.1. The molecule has 7 nitrogen and oxygen atoms in total. The number of para-hydroxylation sites is 1. The lowest BCUT2D eigenvalue weighted by Crippen LogP contribution is -2.54. The number of hydrogen-bond acceptors (Lipinski definition) is 5. The van der Waals surface area contributed by atoms with Crippen LogP contribution in [0.3, 0.4) is 0 Å². The Bertz CT molecular complexity index is 1340. The van der Waals surface area contributed by atoms with E-state index in [-0.39, 0.29) is 28.2 Å². The summed E-state index contributed by atoms with van der Waals surface area (Å²) in [6.45, 7) is 1.72. The van der Waals surface area contributed by atoms with Crippen LogP contribution in [-0.2, 0) is 14.4 Å².